The Morgan fingerprint density at radius 3 is 2.30 bits per heavy atom. The van der Waals surface area contributed by atoms with Crippen LogP contribution in [-0.2, 0) is 4.79 Å². The molecule has 0 aliphatic rings. The molecule has 0 aliphatic heterocycles. The van der Waals surface area contributed by atoms with Crippen LogP contribution in [0, 0.1) is 25.2 Å². The van der Waals surface area contributed by atoms with E-state index in [1.165, 1.54) is 0 Å². The fourth-order valence-electron chi connectivity index (χ4n) is 2.33. The van der Waals surface area contributed by atoms with Crippen LogP contribution in [0.15, 0.2) is 12.1 Å². The minimum atomic E-state index is -0.298. The predicted molar refractivity (Wildman–Crippen MR) is 86.7 cm³/mol. The van der Waals surface area contributed by atoms with Gasteiger partial charge in [-0.2, -0.15) is 5.26 Å². The van der Waals surface area contributed by atoms with Gasteiger partial charge in [0.1, 0.15) is 0 Å². The molecule has 0 saturated heterocycles. The number of rotatable bonds is 5. The van der Waals surface area contributed by atoms with E-state index in [0.717, 1.165) is 29.7 Å². The fraction of sp³-hybridized carbons (Fsp3) is 0.500. The summed E-state index contributed by atoms with van der Waals surface area (Å²) in [7, 11) is -0.298. The highest BCUT2D eigenvalue weighted by Crippen LogP contribution is 2.36. The molecule has 0 radical (unpaired) electrons. The molecule has 1 amide bonds. The van der Waals surface area contributed by atoms with Crippen LogP contribution in [0.4, 0.5) is 5.69 Å². The van der Waals surface area contributed by atoms with Gasteiger partial charge in [0, 0.05) is 5.69 Å². The quantitative estimate of drug-likeness (QED) is 0.833. The molecule has 0 aromatic heterocycles. The van der Waals surface area contributed by atoms with Gasteiger partial charge in [0.15, 0.2) is 0 Å². The average molecular weight is 290 g/mol. The van der Waals surface area contributed by atoms with Crippen LogP contribution in [0.2, 0.25) is 0 Å². The van der Waals surface area contributed by atoms with E-state index in [0.29, 0.717) is 5.56 Å². The zero-order valence-corrected chi connectivity index (χ0v) is 13.8. The molecular formula is C16H23N2OP. The molecule has 0 heterocycles. The first-order valence-electron chi connectivity index (χ1n) is 6.89. The summed E-state index contributed by atoms with van der Waals surface area (Å²) in [6.45, 7) is 10.3. The van der Waals surface area contributed by atoms with Crippen LogP contribution >= 0.6 is 7.92 Å². The van der Waals surface area contributed by atoms with E-state index < -0.39 is 0 Å². The Morgan fingerprint density at radius 2 is 1.90 bits per heavy atom. The molecule has 1 aromatic rings. The largest absolute Gasteiger partial charge is 0.325 e. The second-order valence-electron chi connectivity index (χ2n) is 5.35. The van der Waals surface area contributed by atoms with E-state index in [9.17, 15) is 4.79 Å². The first-order chi connectivity index (χ1) is 9.40. The monoisotopic (exact) mass is 290 g/mol. The van der Waals surface area contributed by atoms with Crippen molar-refractivity contribution in [2.75, 3.05) is 18.6 Å². The Hall–Kier alpha value is -1.39. The van der Waals surface area contributed by atoms with Crippen molar-refractivity contribution in [3.05, 3.63) is 28.8 Å². The smallest absolute Gasteiger partial charge is 0.231 e. The molecule has 0 aliphatic carbocycles. The first-order valence-corrected chi connectivity index (χ1v) is 9.19. The van der Waals surface area contributed by atoms with Crippen molar-refractivity contribution in [1.29, 1.82) is 5.26 Å². The molecule has 4 heteroatoms. The maximum atomic E-state index is 12.4. The Bertz CT molecular complexity index is 509. The van der Waals surface area contributed by atoms with Crippen LogP contribution < -0.4 is 5.32 Å². The van der Waals surface area contributed by atoms with E-state index in [4.69, 9.17) is 5.26 Å². The molecule has 0 bridgehead atoms. The summed E-state index contributed by atoms with van der Waals surface area (Å²) in [5, 5.41) is 12.0. The molecule has 1 aromatic carbocycles. The standard InChI is InChI=1S/C16H23N2OP/c1-6-7-14(20(4)5)16(19)18-15-11(2)8-13(10-17)9-12(15)3/h8-9,14H,6-7H2,1-5H3,(H,18,19). The number of carbonyl (C=O) groups excluding carboxylic acids is 1. The lowest BCUT2D eigenvalue weighted by Gasteiger charge is -2.21. The van der Waals surface area contributed by atoms with Crippen LogP contribution in [0.1, 0.15) is 36.5 Å². The molecule has 1 rings (SSSR count). The topological polar surface area (TPSA) is 52.9 Å². The van der Waals surface area contributed by atoms with Crippen LogP contribution in [-0.4, -0.2) is 24.9 Å². The number of hydrogen-bond donors (Lipinski definition) is 1. The zero-order valence-electron chi connectivity index (χ0n) is 12.9. The molecule has 0 spiro atoms. The summed E-state index contributed by atoms with van der Waals surface area (Å²) in [5.41, 5.74) is 3.48. The summed E-state index contributed by atoms with van der Waals surface area (Å²) in [4.78, 5) is 12.4. The van der Waals surface area contributed by atoms with E-state index in [1.807, 2.05) is 26.0 Å². The number of carbonyl (C=O) groups is 1. The van der Waals surface area contributed by atoms with Gasteiger partial charge in [-0.15, -0.1) is 7.92 Å². The van der Waals surface area contributed by atoms with E-state index >= 15 is 0 Å². The van der Waals surface area contributed by atoms with Gasteiger partial charge in [-0.3, -0.25) is 4.79 Å². The molecule has 0 saturated carbocycles. The van der Waals surface area contributed by atoms with E-state index in [-0.39, 0.29) is 19.5 Å². The first kappa shape index (κ1) is 16.7. The summed E-state index contributed by atoms with van der Waals surface area (Å²) in [6, 6.07) is 5.78. The summed E-state index contributed by atoms with van der Waals surface area (Å²) < 4.78 is 0. The van der Waals surface area contributed by atoms with Crippen molar-refractivity contribution in [1.82, 2.24) is 0 Å². The molecule has 3 nitrogen and oxygen atoms in total. The van der Waals surface area contributed by atoms with Gasteiger partial charge in [-0.25, -0.2) is 0 Å². The van der Waals surface area contributed by atoms with E-state index in [2.05, 4.69) is 31.6 Å². The SMILES string of the molecule is CCCC(C(=O)Nc1c(C)cc(C#N)cc1C)P(C)C. The highest BCUT2D eigenvalue weighted by atomic mass is 31.1. The number of amides is 1. The average Bonchev–Trinajstić information content (AvgIpc) is 2.39. The fourth-order valence-corrected chi connectivity index (χ4v) is 3.64. The van der Waals surface area contributed by atoms with E-state index in [1.54, 1.807) is 0 Å². The summed E-state index contributed by atoms with van der Waals surface area (Å²) in [5.74, 6) is 0.110. The third-order valence-electron chi connectivity index (χ3n) is 3.40. The van der Waals surface area contributed by atoms with Crippen molar-refractivity contribution in [2.24, 2.45) is 0 Å². The van der Waals surface area contributed by atoms with Gasteiger partial charge in [0.2, 0.25) is 5.91 Å². The van der Waals surface area contributed by atoms with Crippen LogP contribution in [0.25, 0.3) is 0 Å². The lowest BCUT2D eigenvalue weighted by Crippen LogP contribution is -2.27. The highest BCUT2D eigenvalue weighted by Gasteiger charge is 2.22. The zero-order chi connectivity index (χ0) is 15.3. The molecular weight excluding hydrogens is 267 g/mol. The lowest BCUT2D eigenvalue weighted by molar-refractivity contribution is -0.115. The van der Waals surface area contributed by atoms with Gasteiger partial charge in [0.05, 0.1) is 17.3 Å². The minimum absolute atomic E-state index is 0.101. The Balaban J connectivity index is 2.98. The Labute approximate surface area is 123 Å². The van der Waals surface area contributed by atoms with Gasteiger partial charge in [-0.1, -0.05) is 13.3 Å². The second-order valence-corrected chi connectivity index (χ2v) is 7.90. The van der Waals surface area contributed by atoms with Gasteiger partial charge in [-0.05, 0) is 56.9 Å². The Morgan fingerprint density at radius 1 is 1.35 bits per heavy atom. The van der Waals surface area contributed by atoms with Gasteiger partial charge in [0.25, 0.3) is 0 Å². The highest BCUT2D eigenvalue weighted by molar-refractivity contribution is 7.57. The number of anilines is 1. The number of nitriles is 1. The maximum absolute atomic E-state index is 12.4. The lowest BCUT2D eigenvalue weighted by atomic mass is 10.0. The summed E-state index contributed by atoms with van der Waals surface area (Å²) >= 11 is 0. The number of benzene rings is 1. The van der Waals surface area contributed by atoms with Crippen molar-refractivity contribution in [2.45, 2.75) is 39.3 Å². The van der Waals surface area contributed by atoms with Crippen LogP contribution in [0.3, 0.4) is 0 Å². The molecule has 108 valence electrons. The van der Waals surface area contributed by atoms with Gasteiger partial charge < -0.3 is 5.32 Å². The van der Waals surface area contributed by atoms with Crippen molar-refractivity contribution >= 4 is 19.5 Å². The Kier molecular flexibility index (Phi) is 6.17. The molecule has 1 unspecified atom stereocenters. The number of aryl methyl sites for hydroxylation is 2. The number of nitrogens with zero attached hydrogens (tertiary/aromatic N) is 1. The molecule has 20 heavy (non-hydrogen) atoms. The van der Waals surface area contributed by atoms with Crippen LogP contribution in [0.5, 0.6) is 0 Å². The normalized spacial score (nSPS) is 12.1. The predicted octanol–water partition coefficient (Wildman–Crippen LogP) is 4.02. The molecule has 1 N–H and O–H groups in total. The van der Waals surface area contributed by atoms with Crippen molar-refractivity contribution < 1.29 is 4.79 Å². The van der Waals surface area contributed by atoms with Crippen molar-refractivity contribution in [3.63, 3.8) is 0 Å². The minimum Gasteiger partial charge on any atom is -0.325 e. The molecule has 0 fully saturated rings. The summed E-state index contributed by atoms with van der Waals surface area (Å²) in [6.07, 6.45) is 1.95. The number of nitrogens with one attached hydrogen (secondary N) is 1. The second kappa shape index (κ2) is 7.41. The molecule has 1 atom stereocenters. The maximum Gasteiger partial charge on any atom is 0.231 e. The third-order valence-corrected chi connectivity index (χ3v) is 5.14. The third kappa shape index (κ3) is 4.05. The number of hydrogen-bond acceptors (Lipinski definition) is 2. The van der Waals surface area contributed by atoms with Crippen molar-refractivity contribution in [3.8, 4) is 6.07 Å². The van der Waals surface area contributed by atoms with Gasteiger partial charge >= 0.3 is 0 Å².